The third kappa shape index (κ3) is 7.97. The summed E-state index contributed by atoms with van der Waals surface area (Å²) in [5.41, 5.74) is 7.11. The van der Waals surface area contributed by atoms with Crippen LogP contribution in [0.15, 0.2) is 24.3 Å². The van der Waals surface area contributed by atoms with Crippen molar-refractivity contribution in [1.29, 1.82) is 0 Å². The van der Waals surface area contributed by atoms with Crippen molar-refractivity contribution in [3.05, 3.63) is 29.8 Å². The molecule has 1 aliphatic rings. The number of halogens is 2. The fraction of sp³-hybridized carbons (Fsp3) is 0.500. The molecule has 24 heavy (non-hydrogen) atoms. The van der Waals surface area contributed by atoms with Crippen LogP contribution >= 0.6 is 24.8 Å². The van der Waals surface area contributed by atoms with E-state index in [9.17, 15) is 9.59 Å². The van der Waals surface area contributed by atoms with E-state index in [4.69, 9.17) is 5.73 Å². The average Bonchev–Trinajstić information content (AvgIpc) is 2.54. The van der Waals surface area contributed by atoms with E-state index in [1.54, 1.807) is 0 Å². The van der Waals surface area contributed by atoms with E-state index in [1.807, 2.05) is 18.2 Å². The molecule has 1 saturated heterocycles. The first kappa shape index (κ1) is 22.7. The predicted octanol–water partition coefficient (Wildman–Crippen LogP) is 1.53. The van der Waals surface area contributed by atoms with Crippen LogP contribution in [0.5, 0.6) is 0 Å². The monoisotopic (exact) mass is 376 g/mol. The Hall–Kier alpha value is -1.34. The fourth-order valence-corrected chi connectivity index (χ4v) is 2.58. The van der Waals surface area contributed by atoms with Gasteiger partial charge < -0.3 is 16.4 Å². The molecule has 1 aromatic rings. The quantitative estimate of drug-likeness (QED) is 0.702. The Morgan fingerprint density at radius 2 is 1.79 bits per heavy atom. The number of hydrogen-bond acceptors (Lipinski definition) is 4. The van der Waals surface area contributed by atoms with Crippen LogP contribution < -0.4 is 16.4 Å². The van der Waals surface area contributed by atoms with Gasteiger partial charge in [-0.15, -0.1) is 24.8 Å². The molecule has 136 valence electrons. The van der Waals surface area contributed by atoms with Crippen LogP contribution in [-0.4, -0.2) is 42.9 Å². The molecule has 1 aliphatic heterocycles. The van der Waals surface area contributed by atoms with Gasteiger partial charge in [-0.2, -0.15) is 0 Å². The van der Waals surface area contributed by atoms with Crippen LogP contribution in [0.3, 0.4) is 0 Å². The molecule has 0 aliphatic carbocycles. The third-order valence-electron chi connectivity index (χ3n) is 3.70. The zero-order valence-electron chi connectivity index (χ0n) is 13.6. The molecule has 0 radical (unpaired) electrons. The minimum Gasteiger partial charge on any atom is -0.346 e. The molecular formula is C16H26Cl2N4O2. The molecule has 1 fully saturated rings. The van der Waals surface area contributed by atoms with Crippen molar-refractivity contribution in [2.75, 3.05) is 31.5 Å². The summed E-state index contributed by atoms with van der Waals surface area (Å²) in [6.45, 7) is 3.02. The lowest BCUT2D eigenvalue weighted by Gasteiger charge is -2.26. The molecule has 0 aromatic heterocycles. The first-order valence-corrected chi connectivity index (χ1v) is 7.75. The standard InChI is InChI=1S/C16H24N4O2.2ClH/c17-10-15(21)18-11-16(22)19-14-6-4-5-13(9-14)12-20-7-2-1-3-8-20;;/h4-6,9H,1-3,7-8,10-12,17H2,(H,18,21)(H,19,22);2*1H. The molecule has 1 heterocycles. The first-order chi connectivity index (χ1) is 10.7. The van der Waals surface area contributed by atoms with Gasteiger partial charge in [0.15, 0.2) is 0 Å². The molecule has 2 amide bonds. The maximum absolute atomic E-state index is 11.8. The SMILES string of the molecule is Cl.Cl.NCC(=O)NCC(=O)Nc1cccc(CN2CCCCC2)c1. The molecule has 8 heteroatoms. The molecule has 0 atom stereocenters. The molecule has 1 aromatic carbocycles. The summed E-state index contributed by atoms with van der Waals surface area (Å²) in [7, 11) is 0. The highest BCUT2D eigenvalue weighted by Crippen LogP contribution is 2.16. The van der Waals surface area contributed by atoms with Crippen molar-refractivity contribution in [2.24, 2.45) is 5.73 Å². The van der Waals surface area contributed by atoms with E-state index in [0.29, 0.717) is 0 Å². The molecule has 0 saturated carbocycles. The molecule has 4 N–H and O–H groups in total. The summed E-state index contributed by atoms with van der Waals surface area (Å²) in [5, 5.41) is 5.23. The lowest BCUT2D eigenvalue weighted by atomic mass is 10.1. The van der Waals surface area contributed by atoms with Gasteiger partial charge >= 0.3 is 0 Å². The maximum atomic E-state index is 11.8. The number of piperidine rings is 1. The summed E-state index contributed by atoms with van der Waals surface area (Å²) >= 11 is 0. The van der Waals surface area contributed by atoms with E-state index >= 15 is 0 Å². The molecule has 0 unspecified atom stereocenters. The number of nitrogens with two attached hydrogens (primary N) is 1. The van der Waals surface area contributed by atoms with Crippen molar-refractivity contribution in [3.63, 3.8) is 0 Å². The summed E-state index contributed by atoms with van der Waals surface area (Å²) < 4.78 is 0. The van der Waals surface area contributed by atoms with Crippen LogP contribution in [0.4, 0.5) is 5.69 Å². The van der Waals surface area contributed by atoms with Gasteiger partial charge in [0.05, 0.1) is 13.1 Å². The van der Waals surface area contributed by atoms with E-state index < -0.39 is 0 Å². The second-order valence-corrected chi connectivity index (χ2v) is 5.57. The van der Waals surface area contributed by atoms with Crippen molar-refractivity contribution in [2.45, 2.75) is 25.8 Å². The van der Waals surface area contributed by atoms with Crippen LogP contribution in [0.2, 0.25) is 0 Å². The highest BCUT2D eigenvalue weighted by atomic mass is 35.5. The topological polar surface area (TPSA) is 87.5 Å². The highest BCUT2D eigenvalue weighted by molar-refractivity contribution is 5.94. The molecule has 0 bridgehead atoms. The van der Waals surface area contributed by atoms with Crippen molar-refractivity contribution >= 4 is 42.3 Å². The molecule has 6 nitrogen and oxygen atoms in total. The number of anilines is 1. The second kappa shape index (κ2) is 12.1. The third-order valence-corrected chi connectivity index (χ3v) is 3.70. The van der Waals surface area contributed by atoms with Crippen molar-refractivity contribution < 1.29 is 9.59 Å². The largest absolute Gasteiger partial charge is 0.346 e. The Labute approximate surface area is 155 Å². The van der Waals surface area contributed by atoms with Crippen molar-refractivity contribution in [1.82, 2.24) is 10.2 Å². The second-order valence-electron chi connectivity index (χ2n) is 5.57. The maximum Gasteiger partial charge on any atom is 0.243 e. The van der Waals surface area contributed by atoms with Gasteiger partial charge in [-0.1, -0.05) is 18.6 Å². The minimum atomic E-state index is -0.339. The number of likely N-dealkylation sites (tertiary alicyclic amines) is 1. The number of hydrogen-bond donors (Lipinski definition) is 3. The number of nitrogens with one attached hydrogen (secondary N) is 2. The lowest BCUT2D eigenvalue weighted by molar-refractivity contribution is -0.123. The van der Waals surface area contributed by atoms with E-state index in [-0.39, 0.29) is 49.7 Å². The van der Waals surface area contributed by atoms with Gasteiger partial charge in [-0.3, -0.25) is 14.5 Å². The van der Waals surface area contributed by atoms with Gasteiger partial charge in [0, 0.05) is 12.2 Å². The average molecular weight is 377 g/mol. The summed E-state index contributed by atoms with van der Waals surface area (Å²) in [4.78, 5) is 25.2. The van der Waals surface area contributed by atoms with Crippen LogP contribution in [0.25, 0.3) is 0 Å². The number of benzene rings is 1. The number of amides is 2. The smallest absolute Gasteiger partial charge is 0.243 e. The van der Waals surface area contributed by atoms with E-state index in [2.05, 4.69) is 21.6 Å². The molecule has 0 spiro atoms. The summed E-state index contributed by atoms with van der Waals surface area (Å²) in [6.07, 6.45) is 3.84. The van der Waals surface area contributed by atoms with Gasteiger partial charge in [0.2, 0.25) is 11.8 Å². The molecule has 2 rings (SSSR count). The fourth-order valence-electron chi connectivity index (χ4n) is 2.58. The Balaban J connectivity index is 0.00000264. The minimum absolute atomic E-state index is 0. The Morgan fingerprint density at radius 1 is 1.08 bits per heavy atom. The van der Waals surface area contributed by atoms with Crippen LogP contribution in [0.1, 0.15) is 24.8 Å². The highest BCUT2D eigenvalue weighted by Gasteiger charge is 2.11. The number of rotatable bonds is 6. The number of carbonyl (C=O) groups excluding carboxylic acids is 2. The van der Waals surface area contributed by atoms with Gasteiger partial charge in [-0.25, -0.2) is 0 Å². The zero-order valence-corrected chi connectivity index (χ0v) is 15.3. The lowest BCUT2D eigenvalue weighted by Crippen LogP contribution is -2.36. The predicted molar refractivity (Wildman–Crippen MR) is 101 cm³/mol. The Kier molecular flexibility index (Phi) is 11.4. The van der Waals surface area contributed by atoms with E-state index in [1.165, 1.54) is 24.8 Å². The Morgan fingerprint density at radius 3 is 2.46 bits per heavy atom. The van der Waals surface area contributed by atoms with E-state index in [0.717, 1.165) is 25.3 Å². The molecular weight excluding hydrogens is 351 g/mol. The normalized spacial score (nSPS) is 14.0. The van der Waals surface area contributed by atoms with Gasteiger partial charge in [-0.05, 0) is 43.6 Å². The first-order valence-electron chi connectivity index (χ1n) is 7.75. The van der Waals surface area contributed by atoms with Crippen LogP contribution in [-0.2, 0) is 16.1 Å². The summed E-state index contributed by atoms with van der Waals surface area (Å²) in [6, 6.07) is 7.84. The van der Waals surface area contributed by atoms with Crippen LogP contribution in [0, 0.1) is 0 Å². The Bertz CT molecular complexity index is 523. The van der Waals surface area contributed by atoms with Crippen molar-refractivity contribution in [3.8, 4) is 0 Å². The number of nitrogens with zero attached hydrogens (tertiary/aromatic N) is 1. The van der Waals surface area contributed by atoms with Gasteiger partial charge in [0.1, 0.15) is 0 Å². The van der Waals surface area contributed by atoms with Gasteiger partial charge in [0.25, 0.3) is 0 Å². The summed E-state index contributed by atoms with van der Waals surface area (Å²) in [5.74, 6) is -0.592. The zero-order chi connectivity index (χ0) is 15.8. The number of carbonyl (C=O) groups is 2.